The molecule has 0 radical (unpaired) electrons. The van der Waals surface area contributed by atoms with Crippen molar-refractivity contribution in [1.29, 1.82) is 5.26 Å². The van der Waals surface area contributed by atoms with Crippen LogP contribution in [0.4, 0.5) is 4.39 Å². The first-order chi connectivity index (χ1) is 17.4. The average molecular weight is 547 g/mol. The molecule has 0 aliphatic carbocycles. The van der Waals surface area contributed by atoms with Gasteiger partial charge in [0.1, 0.15) is 29.9 Å². The number of hydrogen-bond acceptors (Lipinski definition) is 6. The van der Waals surface area contributed by atoms with E-state index in [1.165, 1.54) is 22.9 Å². The van der Waals surface area contributed by atoms with Gasteiger partial charge in [-0.05, 0) is 31.2 Å². The molecule has 3 rings (SSSR count). The first-order valence-electron chi connectivity index (χ1n) is 11.5. The summed E-state index contributed by atoms with van der Waals surface area (Å²) < 4.78 is 22.6. The maximum absolute atomic E-state index is 14.1. The molecular weight excluding hydrogens is 519 g/mol. The van der Waals surface area contributed by atoms with Crippen molar-refractivity contribution in [2.24, 2.45) is 0 Å². The standard InChI is InChI=1S/C24H28ClFN6O4Si/c1-15(12-32-6-5-20(30-32)16-9-18(25)17(11-27)19(26)10-16)28-23(33)21-13-31(22(29-21)24(34)35)14-36-7-8-37(2,3)4/h5-6,9-10,13,15H,7-8,12,14H2,1-4H3,(H,28,33)(H,34,35)/t15-/m0/s1. The lowest BCUT2D eigenvalue weighted by Gasteiger charge is -2.15. The van der Waals surface area contributed by atoms with Crippen LogP contribution in [0.1, 0.15) is 33.6 Å². The number of carboxylic acid groups (broad SMARTS) is 1. The highest BCUT2D eigenvalue weighted by Crippen LogP contribution is 2.26. The number of carboxylic acids is 1. The number of nitrogens with one attached hydrogen (secondary N) is 1. The van der Waals surface area contributed by atoms with E-state index in [9.17, 15) is 19.1 Å². The van der Waals surface area contributed by atoms with Crippen LogP contribution in [0.25, 0.3) is 11.3 Å². The van der Waals surface area contributed by atoms with Crippen LogP contribution in [-0.2, 0) is 18.0 Å². The molecule has 3 aromatic rings. The molecule has 2 heterocycles. The van der Waals surface area contributed by atoms with Crippen molar-refractivity contribution >= 4 is 31.6 Å². The number of ether oxygens (including phenoxy) is 1. The molecule has 37 heavy (non-hydrogen) atoms. The molecule has 196 valence electrons. The van der Waals surface area contributed by atoms with Gasteiger partial charge in [0.05, 0.1) is 17.3 Å². The van der Waals surface area contributed by atoms with Crippen LogP contribution in [-0.4, -0.2) is 57.0 Å². The number of imidazole rings is 1. The van der Waals surface area contributed by atoms with Crippen LogP contribution in [0.2, 0.25) is 30.7 Å². The Bertz CT molecular complexity index is 1320. The van der Waals surface area contributed by atoms with Crippen LogP contribution in [0.3, 0.4) is 0 Å². The van der Waals surface area contributed by atoms with Crippen molar-refractivity contribution in [3.63, 3.8) is 0 Å². The van der Waals surface area contributed by atoms with E-state index < -0.39 is 31.8 Å². The fourth-order valence-electron chi connectivity index (χ4n) is 3.40. The lowest BCUT2D eigenvalue weighted by atomic mass is 10.1. The molecule has 0 aliphatic rings. The number of nitriles is 1. The van der Waals surface area contributed by atoms with E-state index in [-0.39, 0.29) is 35.4 Å². The predicted octanol–water partition coefficient (Wildman–Crippen LogP) is 4.24. The molecule has 13 heteroatoms. The zero-order chi connectivity index (χ0) is 27.3. The fourth-order valence-corrected chi connectivity index (χ4v) is 4.41. The molecule has 1 atom stereocenters. The number of carbonyl (C=O) groups excluding carboxylic acids is 1. The van der Waals surface area contributed by atoms with Gasteiger partial charge < -0.3 is 19.7 Å². The molecule has 0 aliphatic heterocycles. The van der Waals surface area contributed by atoms with E-state index in [4.69, 9.17) is 21.6 Å². The summed E-state index contributed by atoms with van der Waals surface area (Å²) in [7, 11) is -1.29. The number of halogens is 2. The highest BCUT2D eigenvalue weighted by atomic mass is 35.5. The smallest absolute Gasteiger partial charge is 0.372 e. The van der Waals surface area contributed by atoms with Crippen molar-refractivity contribution in [2.75, 3.05) is 6.61 Å². The van der Waals surface area contributed by atoms with Gasteiger partial charge in [-0.25, -0.2) is 14.2 Å². The third-order valence-electron chi connectivity index (χ3n) is 5.36. The van der Waals surface area contributed by atoms with Crippen molar-refractivity contribution in [3.8, 4) is 17.3 Å². The van der Waals surface area contributed by atoms with Crippen molar-refractivity contribution < 1.29 is 23.8 Å². The Morgan fingerprint density at radius 3 is 2.70 bits per heavy atom. The lowest BCUT2D eigenvalue weighted by Crippen LogP contribution is -2.36. The predicted molar refractivity (Wildman–Crippen MR) is 138 cm³/mol. The highest BCUT2D eigenvalue weighted by Gasteiger charge is 2.21. The number of aromatic nitrogens is 4. The first kappa shape index (κ1) is 28.0. The SMILES string of the molecule is C[C@@H](Cn1ccc(-c2cc(F)c(C#N)c(Cl)c2)n1)NC(=O)c1cn(COCC[Si](C)(C)C)c(C(=O)O)n1. The molecule has 0 saturated heterocycles. The quantitative estimate of drug-likeness (QED) is 0.271. The van der Waals surface area contributed by atoms with E-state index >= 15 is 0 Å². The van der Waals surface area contributed by atoms with Crippen LogP contribution >= 0.6 is 11.6 Å². The summed E-state index contributed by atoms with van der Waals surface area (Å²) >= 11 is 5.98. The van der Waals surface area contributed by atoms with Gasteiger partial charge in [-0.15, -0.1) is 0 Å². The Hall–Kier alpha value is -3.53. The van der Waals surface area contributed by atoms with Gasteiger partial charge in [-0.1, -0.05) is 31.2 Å². The maximum Gasteiger partial charge on any atom is 0.372 e. The average Bonchev–Trinajstić information content (AvgIpc) is 3.43. The van der Waals surface area contributed by atoms with Gasteiger partial charge in [0.25, 0.3) is 5.91 Å². The molecule has 0 saturated carbocycles. The summed E-state index contributed by atoms with van der Waals surface area (Å²) in [6.07, 6.45) is 3.02. The van der Waals surface area contributed by atoms with E-state index in [0.29, 0.717) is 17.9 Å². The van der Waals surface area contributed by atoms with E-state index in [1.807, 2.05) is 0 Å². The van der Waals surface area contributed by atoms with Gasteiger partial charge in [0, 0.05) is 38.7 Å². The number of carbonyl (C=O) groups is 2. The molecular formula is C24H28ClFN6O4Si. The number of benzene rings is 1. The Kier molecular flexibility index (Phi) is 8.85. The van der Waals surface area contributed by atoms with E-state index in [1.54, 1.807) is 29.9 Å². The zero-order valence-corrected chi connectivity index (χ0v) is 22.7. The third kappa shape index (κ3) is 7.48. The largest absolute Gasteiger partial charge is 0.475 e. The zero-order valence-electron chi connectivity index (χ0n) is 21.0. The highest BCUT2D eigenvalue weighted by molar-refractivity contribution is 6.76. The molecule has 1 amide bonds. The normalized spacial score (nSPS) is 12.2. The molecule has 0 bridgehead atoms. The number of hydrogen-bond donors (Lipinski definition) is 2. The number of aromatic carboxylic acids is 1. The maximum atomic E-state index is 14.1. The van der Waals surface area contributed by atoms with Crippen LogP contribution in [0.5, 0.6) is 0 Å². The Balaban J connectivity index is 1.63. The second-order valence-corrected chi connectivity index (χ2v) is 15.8. The summed E-state index contributed by atoms with van der Waals surface area (Å²) in [4.78, 5) is 28.3. The van der Waals surface area contributed by atoms with Gasteiger partial charge >= 0.3 is 5.97 Å². The minimum atomic E-state index is -1.29. The fraction of sp³-hybridized carbons (Fsp3) is 0.375. The van der Waals surface area contributed by atoms with Gasteiger partial charge in [-0.2, -0.15) is 10.4 Å². The molecule has 2 N–H and O–H groups in total. The van der Waals surface area contributed by atoms with Crippen molar-refractivity contribution in [3.05, 3.63) is 58.5 Å². The van der Waals surface area contributed by atoms with Crippen molar-refractivity contribution in [2.45, 2.75) is 51.9 Å². The monoisotopic (exact) mass is 546 g/mol. The molecule has 0 spiro atoms. The summed E-state index contributed by atoms with van der Waals surface area (Å²) in [6, 6.07) is 6.56. The van der Waals surface area contributed by atoms with Crippen LogP contribution < -0.4 is 5.32 Å². The summed E-state index contributed by atoms with van der Waals surface area (Å²) in [5, 5.41) is 25.6. The molecule has 10 nitrogen and oxygen atoms in total. The minimum absolute atomic E-state index is 0.00528. The Labute approximate surface area is 219 Å². The molecule has 1 aromatic carbocycles. The Morgan fingerprint density at radius 2 is 2.08 bits per heavy atom. The summed E-state index contributed by atoms with van der Waals surface area (Å²) in [5.41, 5.74) is 0.591. The summed E-state index contributed by atoms with van der Waals surface area (Å²) in [5.74, 6) is -2.81. The van der Waals surface area contributed by atoms with Crippen LogP contribution in [0.15, 0.2) is 30.6 Å². The second kappa shape index (κ2) is 11.7. The van der Waals surface area contributed by atoms with Gasteiger partial charge in [0.2, 0.25) is 5.82 Å². The number of rotatable bonds is 11. The first-order valence-corrected chi connectivity index (χ1v) is 15.6. The third-order valence-corrected chi connectivity index (χ3v) is 7.36. The topological polar surface area (TPSA) is 135 Å². The van der Waals surface area contributed by atoms with Gasteiger partial charge in [0.15, 0.2) is 0 Å². The molecule has 0 fully saturated rings. The van der Waals surface area contributed by atoms with Crippen LogP contribution in [0, 0.1) is 17.1 Å². The number of amides is 1. The van der Waals surface area contributed by atoms with E-state index in [0.717, 1.165) is 6.04 Å². The van der Waals surface area contributed by atoms with Crippen molar-refractivity contribution in [1.82, 2.24) is 24.6 Å². The second-order valence-electron chi connectivity index (χ2n) is 9.80. The number of nitrogens with zero attached hydrogens (tertiary/aromatic N) is 5. The Morgan fingerprint density at radius 1 is 1.35 bits per heavy atom. The molecule has 0 unspecified atom stereocenters. The molecule has 2 aromatic heterocycles. The minimum Gasteiger partial charge on any atom is -0.475 e. The lowest BCUT2D eigenvalue weighted by molar-refractivity contribution is 0.0613. The van der Waals surface area contributed by atoms with Gasteiger partial charge in [-0.3, -0.25) is 9.48 Å². The summed E-state index contributed by atoms with van der Waals surface area (Å²) in [6.45, 7) is 9.17. The van der Waals surface area contributed by atoms with E-state index in [2.05, 4.69) is 35.0 Å².